The van der Waals surface area contributed by atoms with Crippen LogP contribution in [0.4, 0.5) is 9.59 Å². The van der Waals surface area contributed by atoms with Crippen LogP contribution in [0.3, 0.4) is 0 Å². The van der Waals surface area contributed by atoms with Crippen LogP contribution in [0.2, 0.25) is 0 Å². The third kappa shape index (κ3) is 10.2. The minimum Gasteiger partial charge on any atom is -0.453 e. The fourth-order valence-electron chi connectivity index (χ4n) is 9.75. The number of hydrogen-bond acceptors (Lipinski definition) is 9. The summed E-state index contributed by atoms with van der Waals surface area (Å²) in [5.41, 5.74) is 6.80. The van der Waals surface area contributed by atoms with Crippen LogP contribution in [-0.2, 0) is 25.7 Å². The van der Waals surface area contributed by atoms with Gasteiger partial charge in [0.1, 0.15) is 30.3 Å². The summed E-state index contributed by atoms with van der Waals surface area (Å²) < 4.78 is 10.4. The van der Waals surface area contributed by atoms with Crippen molar-refractivity contribution in [2.24, 2.45) is 11.8 Å². The maximum absolute atomic E-state index is 14.4. The lowest BCUT2D eigenvalue weighted by Gasteiger charge is -2.34. The number of carbonyl (C=O) groups excluding carboxylic acids is 4. The summed E-state index contributed by atoms with van der Waals surface area (Å²) in [5.74, 6) is 3.12. The van der Waals surface area contributed by atoms with Gasteiger partial charge in [-0.25, -0.2) is 19.6 Å². The predicted molar refractivity (Wildman–Crippen MR) is 260 cm³/mol. The van der Waals surface area contributed by atoms with Crippen molar-refractivity contribution in [2.45, 2.75) is 83.1 Å². The lowest BCUT2D eigenvalue weighted by atomic mass is 9.92. The van der Waals surface area contributed by atoms with Crippen molar-refractivity contribution in [1.82, 2.24) is 40.4 Å². The molecule has 0 bridgehead atoms. The zero-order valence-electron chi connectivity index (χ0n) is 38.2. The van der Waals surface area contributed by atoms with Gasteiger partial charge in [-0.15, -0.1) is 0 Å². The molecule has 14 nitrogen and oxygen atoms in total. The number of thioether (sulfide) groups is 1. The number of carbonyl (C=O) groups is 4. The van der Waals surface area contributed by atoms with Gasteiger partial charge in [0.2, 0.25) is 11.8 Å². The smallest absolute Gasteiger partial charge is 0.408 e. The Labute approximate surface area is 395 Å². The first-order valence-electron chi connectivity index (χ1n) is 23.4. The van der Waals surface area contributed by atoms with Gasteiger partial charge in [-0.2, -0.15) is 11.8 Å². The van der Waals surface area contributed by atoms with E-state index in [1.165, 1.54) is 7.11 Å². The van der Waals surface area contributed by atoms with Crippen molar-refractivity contribution in [1.29, 1.82) is 0 Å². The Morgan fingerprint density at radius 1 is 0.687 bits per heavy atom. The molecule has 4 aromatic carbocycles. The molecule has 348 valence electrons. The number of aromatic nitrogens is 4. The number of likely N-dealkylation sites (tertiary alicyclic amines) is 2. The van der Waals surface area contributed by atoms with Gasteiger partial charge in [-0.1, -0.05) is 92.7 Å². The van der Waals surface area contributed by atoms with Crippen molar-refractivity contribution in [3.05, 3.63) is 121 Å². The highest BCUT2D eigenvalue weighted by molar-refractivity contribution is 7.99. The Hall–Kier alpha value is -6.61. The van der Waals surface area contributed by atoms with Crippen LogP contribution in [0, 0.1) is 11.8 Å². The van der Waals surface area contributed by atoms with Crippen LogP contribution in [0.1, 0.15) is 81.7 Å². The lowest BCUT2D eigenvalue weighted by molar-refractivity contribution is -0.136. The summed E-state index contributed by atoms with van der Waals surface area (Å²) in [6.45, 7) is 5.15. The fourth-order valence-corrected chi connectivity index (χ4v) is 10.9. The number of imidazole rings is 2. The number of nitrogens with one attached hydrogen (secondary N) is 4. The normalized spacial score (nSPS) is 18.5. The monoisotopic (exact) mass is 922 g/mol. The van der Waals surface area contributed by atoms with E-state index < -0.39 is 24.3 Å². The van der Waals surface area contributed by atoms with E-state index in [4.69, 9.17) is 19.4 Å². The van der Waals surface area contributed by atoms with Crippen molar-refractivity contribution >= 4 is 46.5 Å². The van der Waals surface area contributed by atoms with E-state index in [0.29, 0.717) is 13.1 Å². The quantitative estimate of drug-likeness (QED) is 0.0880. The molecule has 3 aliphatic rings. The van der Waals surface area contributed by atoms with E-state index in [0.717, 1.165) is 112 Å². The van der Waals surface area contributed by atoms with Crippen LogP contribution < -0.4 is 10.6 Å². The highest BCUT2D eigenvalue weighted by atomic mass is 32.2. The summed E-state index contributed by atoms with van der Waals surface area (Å²) in [6, 6.07) is 29.0. The first-order chi connectivity index (χ1) is 32.6. The molecule has 0 radical (unpaired) electrons. The van der Waals surface area contributed by atoms with Crippen LogP contribution in [0.5, 0.6) is 0 Å². The molecule has 2 aromatic heterocycles. The highest BCUT2D eigenvalue weighted by Gasteiger charge is 2.41. The average Bonchev–Trinajstić information content (AvgIpc) is 4.22. The second-order valence-electron chi connectivity index (χ2n) is 18.1. The van der Waals surface area contributed by atoms with Crippen molar-refractivity contribution in [3.63, 3.8) is 0 Å². The number of ether oxygens (including phenoxy) is 2. The average molecular weight is 923 g/mol. The number of rotatable bonds is 13. The molecule has 1 unspecified atom stereocenters. The number of methoxy groups -OCH3 is 1. The summed E-state index contributed by atoms with van der Waals surface area (Å²) >= 11 is 1.89. The number of benzene rings is 4. The molecule has 4 amide bonds. The van der Waals surface area contributed by atoms with Crippen LogP contribution >= 0.6 is 11.8 Å². The molecule has 6 aromatic rings. The SMILES string of the molecule is COC(=O)N[C@H](C(=O)N1CCC[C@H]1c1ncc(-c2ccc3cc(-c4ccc(-c5cnc(C6CCCN6C(=O)[C@@H](NC(=O)OCc6ccccc6)C6CCSCC6)[nH]5)cc4)ccc3c2)[nH]1)C(C)C. The molecule has 3 aliphatic heterocycles. The van der Waals surface area contributed by atoms with Crippen LogP contribution in [0.25, 0.3) is 44.4 Å². The zero-order valence-corrected chi connectivity index (χ0v) is 39.0. The van der Waals surface area contributed by atoms with E-state index in [9.17, 15) is 19.2 Å². The van der Waals surface area contributed by atoms with Gasteiger partial charge in [0, 0.05) is 18.7 Å². The Balaban J connectivity index is 0.850. The zero-order chi connectivity index (χ0) is 46.4. The van der Waals surface area contributed by atoms with E-state index in [1.54, 1.807) is 0 Å². The number of hydrogen-bond donors (Lipinski definition) is 4. The van der Waals surface area contributed by atoms with Gasteiger partial charge in [-0.3, -0.25) is 9.59 Å². The topological polar surface area (TPSA) is 175 Å². The van der Waals surface area contributed by atoms with Gasteiger partial charge in [0.25, 0.3) is 0 Å². The molecule has 0 spiro atoms. The lowest BCUT2D eigenvalue weighted by Crippen LogP contribution is -2.53. The van der Waals surface area contributed by atoms with Crippen molar-refractivity contribution in [2.75, 3.05) is 31.7 Å². The molecular weight excluding hydrogens is 865 g/mol. The van der Waals surface area contributed by atoms with Crippen molar-refractivity contribution < 1.29 is 28.7 Å². The van der Waals surface area contributed by atoms with Gasteiger partial charge < -0.3 is 39.9 Å². The first kappa shape index (κ1) is 45.5. The van der Waals surface area contributed by atoms with Gasteiger partial charge in [0.15, 0.2) is 0 Å². The molecule has 15 heteroatoms. The number of amides is 4. The molecule has 5 heterocycles. The summed E-state index contributed by atoms with van der Waals surface area (Å²) in [6.07, 6.45) is 7.46. The largest absolute Gasteiger partial charge is 0.453 e. The molecule has 0 aliphatic carbocycles. The van der Waals surface area contributed by atoms with Gasteiger partial charge >= 0.3 is 12.2 Å². The Morgan fingerprint density at radius 3 is 1.88 bits per heavy atom. The van der Waals surface area contributed by atoms with E-state index in [2.05, 4.69) is 81.3 Å². The summed E-state index contributed by atoms with van der Waals surface area (Å²) in [5, 5.41) is 7.89. The summed E-state index contributed by atoms with van der Waals surface area (Å²) in [4.78, 5) is 73.4. The molecule has 67 heavy (non-hydrogen) atoms. The molecule has 3 saturated heterocycles. The number of nitrogens with zero attached hydrogens (tertiary/aromatic N) is 4. The Kier molecular flexibility index (Phi) is 13.9. The van der Waals surface area contributed by atoms with E-state index >= 15 is 0 Å². The Morgan fingerprint density at radius 2 is 1.25 bits per heavy atom. The fraction of sp³-hybridized carbons (Fsp3) is 0.385. The Bertz CT molecular complexity index is 2700. The number of alkyl carbamates (subject to hydrolysis) is 2. The number of fused-ring (bicyclic) bond motifs is 1. The van der Waals surface area contributed by atoms with E-state index in [-0.39, 0.29) is 42.3 Å². The minimum absolute atomic E-state index is 0.0408. The third-order valence-corrected chi connectivity index (χ3v) is 14.5. The second kappa shape index (κ2) is 20.5. The minimum atomic E-state index is -0.691. The number of H-pyrrole nitrogens is 2. The highest BCUT2D eigenvalue weighted by Crippen LogP contribution is 2.37. The molecule has 3 fully saturated rings. The van der Waals surface area contributed by atoms with E-state index in [1.807, 2.05) is 78.1 Å². The third-order valence-electron chi connectivity index (χ3n) is 13.5. The second-order valence-corrected chi connectivity index (χ2v) is 19.3. The molecule has 9 rings (SSSR count). The number of aromatic amines is 2. The van der Waals surface area contributed by atoms with Crippen LogP contribution in [0.15, 0.2) is 103 Å². The standard InChI is InChI=1S/C52H58N8O6S/c1-32(2)45(57-51(63)65-3)49(61)59-23-7-11-43(59)48-54-30-42(56-48)40-20-19-38-27-37(17-18-39(38)28-40)34-13-15-35(16-14-34)41-29-53-47(55-41)44-12-8-24-60(44)50(62)46(36-21-25-67-26-22-36)58-52(64)66-31-33-9-5-4-6-10-33/h4-6,9-10,13-20,27-30,32,36,43-46H,7-8,11-12,21-26,31H2,1-3H3,(H,53,55)(H,54,56)(H,57,63)(H,58,64)/t43-,44?,45-,46-/m0/s1. The van der Waals surface area contributed by atoms with Crippen molar-refractivity contribution in [3.8, 4) is 33.6 Å². The maximum atomic E-state index is 14.4. The molecule has 4 atom stereocenters. The molecule has 4 N–H and O–H groups in total. The predicted octanol–water partition coefficient (Wildman–Crippen LogP) is 9.43. The molecular formula is C52H58N8O6S. The van der Waals surface area contributed by atoms with Gasteiger partial charge in [0.05, 0.1) is 43.0 Å². The summed E-state index contributed by atoms with van der Waals surface area (Å²) in [7, 11) is 1.30. The van der Waals surface area contributed by atoms with Gasteiger partial charge in [-0.05, 0) is 107 Å². The molecule has 0 saturated carbocycles. The first-order valence-corrected chi connectivity index (χ1v) is 24.5. The maximum Gasteiger partial charge on any atom is 0.408 e. The van der Waals surface area contributed by atoms with Crippen LogP contribution in [-0.4, -0.2) is 97.5 Å².